The lowest BCUT2D eigenvalue weighted by molar-refractivity contribution is 0.103. The van der Waals surface area contributed by atoms with Gasteiger partial charge in [0.2, 0.25) is 0 Å². The second kappa shape index (κ2) is 5.92. The zero-order valence-electron chi connectivity index (χ0n) is 12.6. The fourth-order valence-corrected chi connectivity index (χ4v) is 2.40. The summed E-state index contributed by atoms with van der Waals surface area (Å²) in [5, 5.41) is 0. The molecule has 0 bridgehead atoms. The van der Waals surface area contributed by atoms with Crippen LogP contribution >= 0.6 is 0 Å². The van der Waals surface area contributed by atoms with Crippen molar-refractivity contribution in [2.45, 2.75) is 27.2 Å². The monoisotopic (exact) mass is 281 g/mol. The van der Waals surface area contributed by atoms with Crippen molar-refractivity contribution in [3.8, 4) is 0 Å². The lowest BCUT2D eigenvalue weighted by Gasteiger charge is -2.12. The van der Waals surface area contributed by atoms with E-state index in [1.165, 1.54) is 5.56 Å². The van der Waals surface area contributed by atoms with E-state index in [0.717, 1.165) is 12.0 Å². The third-order valence-corrected chi connectivity index (χ3v) is 3.87. The molecule has 21 heavy (non-hydrogen) atoms. The number of nitrogen functional groups attached to an aromatic ring is 1. The average Bonchev–Trinajstić information content (AvgIpc) is 2.51. The molecule has 0 saturated carbocycles. The minimum absolute atomic E-state index is 0.0821. The first-order chi connectivity index (χ1) is 9.99. The number of aryl methyl sites for hydroxylation is 2. The Hall–Kier alpha value is -2.42. The minimum Gasteiger partial charge on any atom is -0.398 e. The molecule has 0 amide bonds. The lowest BCUT2D eigenvalue weighted by Crippen LogP contribution is -2.09. The number of carbonyl (C=O) groups excluding carboxylic acids is 2. The molecule has 2 aromatic carbocycles. The number of carbonyl (C=O) groups is 2. The summed E-state index contributed by atoms with van der Waals surface area (Å²) in [4.78, 5) is 23.8. The van der Waals surface area contributed by atoms with Gasteiger partial charge in [0.05, 0.1) is 0 Å². The predicted molar refractivity (Wildman–Crippen MR) is 85.0 cm³/mol. The fraction of sp³-hybridized carbons (Fsp3) is 0.222. The van der Waals surface area contributed by atoms with Crippen LogP contribution in [0.15, 0.2) is 30.3 Å². The molecule has 3 heteroatoms. The topological polar surface area (TPSA) is 60.2 Å². The Labute approximate surface area is 124 Å². The van der Waals surface area contributed by atoms with Gasteiger partial charge in [-0.1, -0.05) is 31.2 Å². The highest BCUT2D eigenvalue weighted by Gasteiger charge is 2.17. The van der Waals surface area contributed by atoms with Crippen LogP contribution in [0.25, 0.3) is 0 Å². The van der Waals surface area contributed by atoms with E-state index in [4.69, 9.17) is 5.73 Å². The summed E-state index contributed by atoms with van der Waals surface area (Å²) < 4.78 is 0. The fourth-order valence-electron chi connectivity index (χ4n) is 2.40. The smallest absolute Gasteiger partial charge is 0.193 e. The van der Waals surface area contributed by atoms with E-state index < -0.39 is 0 Å². The van der Waals surface area contributed by atoms with Crippen molar-refractivity contribution in [1.29, 1.82) is 0 Å². The normalized spacial score (nSPS) is 10.4. The van der Waals surface area contributed by atoms with E-state index in [2.05, 4.69) is 6.92 Å². The van der Waals surface area contributed by atoms with Crippen molar-refractivity contribution in [3.63, 3.8) is 0 Å². The lowest BCUT2D eigenvalue weighted by atomic mass is 9.92. The van der Waals surface area contributed by atoms with Crippen molar-refractivity contribution >= 4 is 17.8 Å². The maximum atomic E-state index is 12.6. The molecule has 0 heterocycles. The number of ketones is 1. The maximum Gasteiger partial charge on any atom is 0.193 e. The number of rotatable bonds is 4. The second-order valence-corrected chi connectivity index (χ2v) is 5.19. The van der Waals surface area contributed by atoms with Gasteiger partial charge in [0.1, 0.15) is 0 Å². The summed E-state index contributed by atoms with van der Waals surface area (Å²) in [7, 11) is 0. The predicted octanol–water partition coefficient (Wildman–Crippen LogP) is 3.49. The van der Waals surface area contributed by atoms with Crippen molar-refractivity contribution in [3.05, 3.63) is 63.7 Å². The number of benzene rings is 2. The maximum absolute atomic E-state index is 12.6. The molecule has 0 aliphatic carbocycles. The van der Waals surface area contributed by atoms with Gasteiger partial charge >= 0.3 is 0 Å². The van der Waals surface area contributed by atoms with Crippen LogP contribution in [-0.4, -0.2) is 12.1 Å². The molecule has 0 unspecified atom stereocenters. The van der Waals surface area contributed by atoms with Gasteiger partial charge in [-0.3, -0.25) is 9.59 Å². The molecule has 2 aromatic rings. The Balaban J connectivity index is 2.52. The van der Waals surface area contributed by atoms with E-state index in [0.29, 0.717) is 34.2 Å². The summed E-state index contributed by atoms with van der Waals surface area (Å²) >= 11 is 0. The van der Waals surface area contributed by atoms with Gasteiger partial charge in [0.15, 0.2) is 12.1 Å². The van der Waals surface area contributed by atoms with Crippen LogP contribution in [0.3, 0.4) is 0 Å². The van der Waals surface area contributed by atoms with E-state index in [-0.39, 0.29) is 5.78 Å². The SMILES string of the molecule is CCc1ccc(C(=O)c2cc(C)c(N)c(C=O)c2C)cc1. The average molecular weight is 281 g/mol. The summed E-state index contributed by atoms with van der Waals surface area (Å²) in [5.41, 5.74) is 10.5. The van der Waals surface area contributed by atoms with Gasteiger partial charge in [-0.05, 0) is 43.0 Å². The van der Waals surface area contributed by atoms with Gasteiger partial charge in [0, 0.05) is 22.4 Å². The van der Waals surface area contributed by atoms with Gasteiger partial charge in [-0.25, -0.2) is 0 Å². The third-order valence-electron chi connectivity index (χ3n) is 3.87. The van der Waals surface area contributed by atoms with E-state index in [1.807, 2.05) is 24.3 Å². The van der Waals surface area contributed by atoms with Crippen LogP contribution in [0.5, 0.6) is 0 Å². The van der Waals surface area contributed by atoms with E-state index in [1.54, 1.807) is 19.9 Å². The molecule has 3 nitrogen and oxygen atoms in total. The summed E-state index contributed by atoms with van der Waals surface area (Å²) in [6, 6.07) is 9.31. The number of anilines is 1. The highest BCUT2D eigenvalue weighted by atomic mass is 16.1. The number of hydrogen-bond acceptors (Lipinski definition) is 3. The first-order valence-electron chi connectivity index (χ1n) is 6.98. The third kappa shape index (κ3) is 2.72. The molecule has 108 valence electrons. The Morgan fingerprint density at radius 1 is 1.19 bits per heavy atom. The van der Waals surface area contributed by atoms with Gasteiger partial charge < -0.3 is 5.73 Å². The van der Waals surface area contributed by atoms with Crippen molar-refractivity contribution in [2.24, 2.45) is 0 Å². The summed E-state index contributed by atoms with van der Waals surface area (Å²) in [5.74, 6) is -0.0821. The van der Waals surface area contributed by atoms with E-state index in [9.17, 15) is 9.59 Å². The zero-order valence-corrected chi connectivity index (χ0v) is 12.6. The Morgan fingerprint density at radius 3 is 2.33 bits per heavy atom. The largest absolute Gasteiger partial charge is 0.398 e. The molecule has 0 fully saturated rings. The van der Waals surface area contributed by atoms with Crippen LogP contribution in [0.4, 0.5) is 5.69 Å². The molecule has 0 aliphatic rings. The Morgan fingerprint density at radius 2 is 1.81 bits per heavy atom. The molecule has 2 rings (SSSR count). The molecule has 0 atom stereocenters. The molecule has 0 saturated heterocycles. The Bertz CT molecular complexity index is 700. The quantitative estimate of drug-likeness (QED) is 0.530. The number of nitrogens with two attached hydrogens (primary N) is 1. The molecule has 0 spiro atoms. The van der Waals surface area contributed by atoms with Crippen LogP contribution in [-0.2, 0) is 6.42 Å². The number of aldehydes is 1. The molecule has 0 aromatic heterocycles. The highest BCUT2D eigenvalue weighted by Crippen LogP contribution is 2.25. The minimum atomic E-state index is -0.0821. The van der Waals surface area contributed by atoms with E-state index >= 15 is 0 Å². The number of hydrogen-bond donors (Lipinski definition) is 1. The molecule has 0 aliphatic heterocycles. The zero-order chi connectivity index (χ0) is 15.6. The van der Waals surface area contributed by atoms with Crippen LogP contribution in [0.2, 0.25) is 0 Å². The first kappa shape index (κ1) is 15.0. The van der Waals surface area contributed by atoms with Crippen LogP contribution in [0.1, 0.15) is 49.9 Å². The molecule has 0 radical (unpaired) electrons. The standard InChI is InChI=1S/C18H19NO2/c1-4-13-5-7-14(8-6-13)18(21)15-9-11(2)17(19)16(10-20)12(15)3/h5-10H,4,19H2,1-3H3. The van der Waals surface area contributed by atoms with Crippen molar-refractivity contribution in [1.82, 2.24) is 0 Å². The summed E-state index contributed by atoms with van der Waals surface area (Å²) in [6.07, 6.45) is 1.65. The van der Waals surface area contributed by atoms with Crippen molar-refractivity contribution < 1.29 is 9.59 Å². The molecule has 2 N–H and O–H groups in total. The van der Waals surface area contributed by atoms with Crippen LogP contribution < -0.4 is 5.73 Å². The first-order valence-corrected chi connectivity index (χ1v) is 6.98. The van der Waals surface area contributed by atoms with Gasteiger partial charge in [-0.2, -0.15) is 0 Å². The van der Waals surface area contributed by atoms with Gasteiger partial charge in [0.25, 0.3) is 0 Å². The van der Waals surface area contributed by atoms with Gasteiger partial charge in [-0.15, -0.1) is 0 Å². The molecular weight excluding hydrogens is 262 g/mol. The van der Waals surface area contributed by atoms with Crippen LogP contribution in [0, 0.1) is 13.8 Å². The van der Waals surface area contributed by atoms with Crippen molar-refractivity contribution in [2.75, 3.05) is 5.73 Å². The highest BCUT2D eigenvalue weighted by molar-refractivity contribution is 6.11. The second-order valence-electron chi connectivity index (χ2n) is 5.19. The molecular formula is C18H19NO2. The summed E-state index contributed by atoms with van der Waals surface area (Å²) in [6.45, 7) is 5.63. The Kier molecular flexibility index (Phi) is 4.22.